The van der Waals surface area contributed by atoms with E-state index in [2.05, 4.69) is 30.3 Å². The van der Waals surface area contributed by atoms with Gasteiger partial charge in [-0.05, 0) is 49.7 Å². The predicted molar refractivity (Wildman–Crippen MR) is 67.3 cm³/mol. The van der Waals surface area contributed by atoms with Crippen molar-refractivity contribution in [2.24, 2.45) is 0 Å². The molecule has 0 unspecified atom stereocenters. The molecule has 0 aliphatic heterocycles. The fraction of sp³-hybridized carbons (Fsp3) is 0.467. The fourth-order valence-corrected chi connectivity index (χ4v) is 2.46. The third kappa shape index (κ3) is 2.72. The maximum atomic E-state index is 13.0. The number of allylic oxidation sites excluding steroid dienone is 1. The van der Waals surface area contributed by atoms with E-state index in [1.165, 1.54) is 11.1 Å². The third-order valence-corrected chi connectivity index (χ3v) is 3.42. The normalized spacial score (nSPS) is 26.1. The SMILES string of the molecule is CC=Cc1ccc(C2CCC(F)CC2)cc1. The number of halogens is 1. The van der Waals surface area contributed by atoms with Crippen LogP contribution in [0.1, 0.15) is 49.7 Å². The zero-order valence-corrected chi connectivity index (χ0v) is 9.83. The number of benzene rings is 1. The largest absolute Gasteiger partial charge is 0.247 e. The van der Waals surface area contributed by atoms with Crippen LogP contribution in [0.2, 0.25) is 0 Å². The Labute approximate surface area is 97.2 Å². The summed E-state index contributed by atoms with van der Waals surface area (Å²) in [5.41, 5.74) is 2.62. The minimum Gasteiger partial charge on any atom is -0.247 e. The van der Waals surface area contributed by atoms with Crippen LogP contribution in [0.3, 0.4) is 0 Å². The zero-order valence-electron chi connectivity index (χ0n) is 9.83. The highest BCUT2D eigenvalue weighted by Crippen LogP contribution is 2.34. The Hall–Kier alpha value is -1.11. The van der Waals surface area contributed by atoms with Gasteiger partial charge in [0.25, 0.3) is 0 Å². The van der Waals surface area contributed by atoms with Gasteiger partial charge in [0, 0.05) is 0 Å². The van der Waals surface area contributed by atoms with Crippen molar-refractivity contribution in [3.05, 3.63) is 41.5 Å². The summed E-state index contributed by atoms with van der Waals surface area (Å²) in [6, 6.07) is 8.69. The van der Waals surface area contributed by atoms with Crippen LogP contribution in [0.15, 0.2) is 30.3 Å². The van der Waals surface area contributed by atoms with E-state index >= 15 is 0 Å². The van der Waals surface area contributed by atoms with E-state index in [0.29, 0.717) is 5.92 Å². The standard InChI is InChI=1S/C15H19F/c1-2-3-12-4-6-13(7-5-12)14-8-10-15(16)11-9-14/h2-7,14-15H,8-11H2,1H3. The second kappa shape index (κ2) is 5.29. The van der Waals surface area contributed by atoms with Crippen molar-refractivity contribution in [1.82, 2.24) is 0 Å². The van der Waals surface area contributed by atoms with Gasteiger partial charge in [-0.25, -0.2) is 4.39 Å². The van der Waals surface area contributed by atoms with E-state index in [1.54, 1.807) is 0 Å². The molecule has 0 amide bonds. The van der Waals surface area contributed by atoms with Crippen molar-refractivity contribution in [2.45, 2.75) is 44.7 Å². The molecule has 0 nitrogen and oxygen atoms in total. The van der Waals surface area contributed by atoms with Crippen LogP contribution >= 0.6 is 0 Å². The first-order valence-corrected chi connectivity index (χ1v) is 6.16. The summed E-state index contributed by atoms with van der Waals surface area (Å²) in [5.74, 6) is 0.576. The highest BCUT2D eigenvalue weighted by Gasteiger charge is 2.21. The molecule has 1 aromatic carbocycles. The first-order valence-electron chi connectivity index (χ1n) is 6.16. The molecule has 0 radical (unpaired) electrons. The molecule has 86 valence electrons. The molecule has 0 aromatic heterocycles. The van der Waals surface area contributed by atoms with Gasteiger partial charge < -0.3 is 0 Å². The molecule has 0 atom stereocenters. The van der Waals surface area contributed by atoms with Crippen LogP contribution in [0.25, 0.3) is 6.08 Å². The Kier molecular flexibility index (Phi) is 3.76. The summed E-state index contributed by atoms with van der Waals surface area (Å²) in [5, 5.41) is 0. The van der Waals surface area contributed by atoms with Gasteiger partial charge in [0.15, 0.2) is 0 Å². The monoisotopic (exact) mass is 218 g/mol. The molecule has 0 N–H and O–H groups in total. The molecular weight excluding hydrogens is 199 g/mol. The molecule has 1 saturated carbocycles. The van der Waals surface area contributed by atoms with E-state index in [-0.39, 0.29) is 0 Å². The van der Waals surface area contributed by atoms with Crippen molar-refractivity contribution in [3.8, 4) is 0 Å². The number of alkyl halides is 1. The number of hydrogen-bond donors (Lipinski definition) is 0. The van der Waals surface area contributed by atoms with Crippen molar-refractivity contribution in [1.29, 1.82) is 0 Å². The topological polar surface area (TPSA) is 0 Å². The molecule has 0 spiro atoms. The number of rotatable bonds is 2. The first-order chi connectivity index (χ1) is 7.79. The van der Waals surface area contributed by atoms with Crippen LogP contribution in [0, 0.1) is 0 Å². The fourth-order valence-electron chi connectivity index (χ4n) is 2.46. The van der Waals surface area contributed by atoms with Gasteiger partial charge in [0.2, 0.25) is 0 Å². The summed E-state index contributed by atoms with van der Waals surface area (Å²) in [6.07, 6.45) is 7.07. The smallest absolute Gasteiger partial charge is 0.100 e. The second-order valence-corrected chi connectivity index (χ2v) is 4.62. The average Bonchev–Trinajstić information content (AvgIpc) is 2.32. The van der Waals surface area contributed by atoms with Crippen LogP contribution in [0.4, 0.5) is 4.39 Å². The molecule has 16 heavy (non-hydrogen) atoms. The molecule has 2 rings (SSSR count). The van der Waals surface area contributed by atoms with E-state index in [4.69, 9.17) is 0 Å². The minimum atomic E-state index is -0.557. The molecule has 0 heterocycles. The Bertz CT molecular complexity index is 342. The van der Waals surface area contributed by atoms with E-state index in [1.807, 2.05) is 13.0 Å². The molecule has 1 aliphatic rings. The lowest BCUT2D eigenvalue weighted by Gasteiger charge is -2.24. The Morgan fingerprint density at radius 1 is 1.06 bits per heavy atom. The lowest BCUT2D eigenvalue weighted by atomic mass is 9.83. The minimum absolute atomic E-state index is 0.557. The maximum Gasteiger partial charge on any atom is 0.100 e. The quantitative estimate of drug-likeness (QED) is 0.674. The van der Waals surface area contributed by atoms with Crippen molar-refractivity contribution >= 4 is 6.08 Å². The van der Waals surface area contributed by atoms with Gasteiger partial charge in [-0.2, -0.15) is 0 Å². The molecule has 1 fully saturated rings. The van der Waals surface area contributed by atoms with Gasteiger partial charge in [-0.3, -0.25) is 0 Å². The van der Waals surface area contributed by atoms with Crippen LogP contribution in [0.5, 0.6) is 0 Å². The highest BCUT2D eigenvalue weighted by molar-refractivity contribution is 5.49. The van der Waals surface area contributed by atoms with E-state index < -0.39 is 6.17 Å². The van der Waals surface area contributed by atoms with Crippen LogP contribution < -0.4 is 0 Å². The second-order valence-electron chi connectivity index (χ2n) is 4.62. The first kappa shape index (κ1) is 11.4. The van der Waals surface area contributed by atoms with Gasteiger partial charge in [0.1, 0.15) is 6.17 Å². The van der Waals surface area contributed by atoms with Crippen LogP contribution in [-0.2, 0) is 0 Å². The van der Waals surface area contributed by atoms with Gasteiger partial charge in [-0.15, -0.1) is 0 Å². The molecule has 0 bridgehead atoms. The summed E-state index contributed by atoms with van der Waals surface area (Å²) >= 11 is 0. The van der Waals surface area contributed by atoms with Crippen molar-refractivity contribution < 1.29 is 4.39 Å². The van der Waals surface area contributed by atoms with Gasteiger partial charge in [0.05, 0.1) is 0 Å². The third-order valence-electron chi connectivity index (χ3n) is 3.42. The van der Waals surface area contributed by atoms with E-state index in [9.17, 15) is 4.39 Å². The molecule has 1 heteroatoms. The van der Waals surface area contributed by atoms with Crippen molar-refractivity contribution in [2.75, 3.05) is 0 Å². The maximum absolute atomic E-state index is 13.0. The summed E-state index contributed by atoms with van der Waals surface area (Å²) < 4.78 is 13.0. The Morgan fingerprint density at radius 3 is 2.25 bits per heavy atom. The molecule has 1 aromatic rings. The lowest BCUT2D eigenvalue weighted by Crippen LogP contribution is -2.13. The summed E-state index contributed by atoms with van der Waals surface area (Å²) in [6.45, 7) is 2.02. The molecular formula is C15H19F. The molecule has 1 aliphatic carbocycles. The predicted octanol–water partition coefficient (Wildman–Crippen LogP) is 4.72. The molecule has 0 saturated heterocycles. The van der Waals surface area contributed by atoms with E-state index in [0.717, 1.165) is 25.7 Å². The van der Waals surface area contributed by atoms with Gasteiger partial charge >= 0.3 is 0 Å². The van der Waals surface area contributed by atoms with Gasteiger partial charge in [-0.1, -0.05) is 36.4 Å². The average molecular weight is 218 g/mol. The Morgan fingerprint density at radius 2 is 1.69 bits per heavy atom. The Balaban J connectivity index is 2.04. The zero-order chi connectivity index (χ0) is 11.4. The highest BCUT2D eigenvalue weighted by atomic mass is 19.1. The van der Waals surface area contributed by atoms with Crippen LogP contribution in [-0.4, -0.2) is 6.17 Å². The summed E-state index contributed by atoms with van der Waals surface area (Å²) in [7, 11) is 0. The van der Waals surface area contributed by atoms with Crippen molar-refractivity contribution in [3.63, 3.8) is 0 Å². The summed E-state index contributed by atoms with van der Waals surface area (Å²) in [4.78, 5) is 0. The lowest BCUT2D eigenvalue weighted by molar-refractivity contribution is 0.235. The number of hydrogen-bond acceptors (Lipinski definition) is 0.